The number of carbonyl (C=O) groups excluding carboxylic acids is 2. The van der Waals surface area contributed by atoms with Crippen molar-refractivity contribution in [2.75, 3.05) is 39.3 Å². The minimum atomic E-state index is -0.491. The average molecular weight is 512 g/mol. The lowest BCUT2D eigenvalue weighted by Gasteiger charge is -2.35. The number of ketones is 1. The van der Waals surface area contributed by atoms with Gasteiger partial charge < -0.3 is 14.4 Å². The Morgan fingerprint density at radius 2 is 1.63 bits per heavy atom. The van der Waals surface area contributed by atoms with E-state index in [1.54, 1.807) is 17.3 Å². The number of allylic oxidation sites excluding steroid dienone is 1. The summed E-state index contributed by atoms with van der Waals surface area (Å²) in [5, 5.41) is 0. The fourth-order valence-corrected chi connectivity index (χ4v) is 4.87. The van der Waals surface area contributed by atoms with Crippen LogP contribution in [0.25, 0.3) is 11.1 Å². The molecule has 0 unspecified atom stereocenters. The summed E-state index contributed by atoms with van der Waals surface area (Å²) >= 11 is 0. The van der Waals surface area contributed by atoms with Crippen LogP contribution in [0.4, 0.5) is 4.79 Å². The Hall–Kier alpha value is -3.97. The lowest BCUT2D eigenvalue weighted by atomic mass is 9.95. The van der Waals surface area contributed by atoms with Crippen molar-refractivity contribution in [1.29, 1.82) is 0 Å². The molecule has 0 atom stereocenters. The molecule has 1 fully saturated rings. The zero-order valence-corrected chi connectivity index (χ0v) is 22.1. The molecule has 7 nitrogen and oxygen atoms in total. The van der Waals surface area contributed by atoms with Crippen molar-refractivity contribution in [1.82, 2.24) is 14.8 Å². The normalized spacial score (nSPS) is 16.0. The first-order valence-corrected chi connectivity index (χ1v) is 13.0. The van der Waals surface area contributed by atoms with E-state index in [0.717, 1.165) is 41.9 Å². The lowest BCUT2D eigenvalue weighted by molar-refractivity contribution is 0.0137. The molecule has 5 rings (SSSR count). The number of Topliss-reactive ketones (excluding diaryl/α,β-unsaturated/α-hetero) is 1. The first kappa shape index (κ1) is 25.7. The number of nitrogens with zero attached hydrogens (tertiary/aromatic N) is 3. The van der Waals surface area contributed by atoms with Crippen LogP contribution in [0.15, 0.2) is 73.1 Å². The van der Waals surface area contributed by atoms with Gasteiger partial charge in [0.25, 0.3) is 0 Å². The van der Waals surface area contributed by atoms with E-state index >= 15 is 0 Å². The van der Waals surface area contributed by atoms with Crippen LogP contribution in [0.5, 0.6) is 5.75 Å². The second-order valence-electron chi connectivity index (χ2n) is 10.6. The standard InChI is InChI=1S/C31H33N3O4/c1-31(2,3)38-30(36)34-16-14-33(15-17-34)18-19-37-24-11-12-25-26(20-24)29(35)28(23-10-7-13-32-21-23)27(25)22-8-5-4-6-9-22/h4-13,20-21H,14-19H2,1-3H3. The van der Waals surface area contributed by atoms with E-state index in [0.29, 0.717) is 36.6 Å². The molecule has 0 N–H and O–H groups in total. The van der Waals surface area contributed by atoms with Crippen molar-refractivity contribution < 1.29 is 19.1 Å². The molecule has 2 heterocycles. The predicted octanol–water partition coefficient (Wildman–Crippen LogP) is 5.17. The molecule has 196 valence electrons. The molecular formula is C31H33N3O4. The molecule has 1 aromatic heterocycles. The van der Waals surface area contributed by atoms with Crippen molar-refractivity contribution in [3.8, 4) is 5.75 Å². The molecule has 38 heavy (non-hydrogen) atoms. The summed E-state index contributed by atoms with van der Waals surface area (Å²) in [7, 11) is 0. The first-order valence-electron chi connectivity index (χ1n) is 13.0. The van der Waals surface area contributed by atoms with E-state index in [1.165, 1.54) is 0 Å². The van der Waals surface area contributed by atoms with Crippen molar-refractivity contribution in [3.63, 3.8) is 0 Å². The Labute approximate surface area is 223 Å². The highest BCUT2D eigenvalue weighted by Crippen LogP contribution is 2.43. The zero-order chi connectivity index (χ0) is 26.7. The van der Waals surface area contributed by atoms with E-state index in [-0.39, 0.29) is 11.9 Å². The highest BCUT2D eigenvalue weighted by atomic mass is 16.6. The van der Waals surface area contributed by atoms with Crippen molar-refractivity contribution in [2.24, 2.45) is 0 Å². The summed E-state index contributed by atoms with van der Waals surface area (Å²) in [5.41, 5.74) is 4.46. The van der Waals surface area contributed by atoms with Crippen LogP contribution in [-0.2, 0) is 4.74 Å². The third kappa shape index (κ3) is 5.63. The van der Waals surface area contributed by atoms with Crippen LogP contribution in [0.2, 0.25) is 0 Å². The van der Waals surface area contributed by atoms with Crippen LogP contribution < -0.4 is 4.74 Å². The number of hydrogen-bond donors (Lipinski definition) is 0. The topological polar surface area (TPSA) is 72.0 Å². The maximum absolute atomic E-state index is 13.6. The first-order chi connectivity index (χ1) is 18.3. The van der Waals surface area contributed by atoms with Gasteiger partial charge in [0.1, 0.15) is 18.0 Å². The van der Waals surface area contributed by atoms with Gasteiger partial charge in [0.05, 0.1) is 0 Å². The fourth-order valence-electron chi connectivity index (χ4n) is 4.87. The van der Waals surface area contributed by atoms with E-state index in [9.17, 15) is 9.59 Å². The van der Waals surface area contributed by atoms with Gasteiger partial charge in [-0.05, 0) is 56.2 Å². The van der Waals surface area contributed by atoms with Gasteiger partial charge in [0, 0.05) is 67.4 Å². The van der Waals surface area contributed by atoms with Gasteiger partial charge in [-0.3, -0.25) is 14.7 Å². The molecule has 1 aliphatic heterocycles. The highest BCUT2D eigenvalue weighted by Gasteiger charge is 2.32. The lowest BCUT2D eigenvalue weighted by Crippen LogP contribution is -2.50. The van der Waals surface area contributed by atoms with E-state index in [2.05, 4.69) is 9.88 Å². The molecule has 2 aromatic carbocycles. The molecular weight excluding hydrogens is 478 g/mol. The summed E-state index contributed by atoms with van der Waals surface area (Å²) in [6, 6.07) is 19.5. The number of piperazine rings is 1. The quantitative estimate of drug-likeness (QED) is 0.455. The van der Waals surface area contributed by atoms with Gasteiger partial charge in [-0.2, -0.15) is 0 Å². The molecule has 7 heteroatoms. The van der Waals surface area contributed by atoms with E-state index in [1.807, 2.05) is 81.4 Å². The molecule has 0 saturated carbocycles. The third-order valence-corrected chi connectivity index (χ3v) is 6.69. The molecule has 1 amide bonds. The molecule has 1 saturated heterocycles. The number of benzene rings is 2. The van der Waals surface area contributed by atoms with Crippen LogP contribution >= 0.6 is 0 Å². The molecule has 0 radical (unpaired) electrons. The SMILES string of the molecule is CC(C)(C)OC(=O)N1CCN(CCOc2ccc3c(c2)C(=O)C(c2cccnc2)=C3c2ccccc2)CC1. The molecule has 0 bridgehead atoms. The van der Waals surface area contributed by atoms with Gasteiger partial charge in [-0.25, -0.2) is 4.79 Å². The Morgan fingerprint density at radius 3 is 2.32 bits per heavy atom. The second kappa shape index (κ2) is 10.8. The number of aromatic nitrogens is 1. The summed E-state index contributed by atoms with van der Waals surface area (Å²) in [4.78, 5) is 34.2. The van der Waals surface area contributed by atoms with E-state index < -0.39 is 5.60 Å². The summed E-state index contributed by atoms with van der Waals surface area (Å²) in [6.07, 6.45) is 3.19. The number of hydrogen-bond acceptors (Lipinski definition) is 6. The maximum atomic E-state index is 13.6. The minimum absolute atomic E-state index is 0.0180. The number of amides is 1. The number of fused-ring (bicyclic) bond motifs is 1. The Morgan fingerprint density at radius 1 is 0.895 bits per heavy atom. The van der Waals surface area contributed by atoms with E-state index in [4.69, 9.17) is 9.47 Å². The van der Waals surface area contributed by atoms with Crippen molar-refractivity contribution in [2.45, 2.75) is 26.4 Å². The van der Waals surface area contributed by atoms with Crippen molar-refractivity contribution in [3.05, 3.63) is 95.3 Å². The summed E-state index contributed by atoms with van der Waals surface area (Å²) in [5.74, 6) is 0.653. The maximum Gasteiger partial charge on any atom is 0.410 e. The van der Waals surface area contributed by atoms with Crippen LogP contribution in [0, 0.1) is 0 Å². The third-order valence-electron chi connectivity index (χ3n) is 6.69. The largest absolute Gasteiger partial charge is 0.492 e. The molecule has 1 aliphatic carbocycles. The average Bonchev–Trinajstić information content (AvgIpc) is 3.21. The molecule has 3 aromatic rings. The number of pyridine rings is 1. The van der Waals surface area contributed by atoms with Gasteiger partial charge in [-0.1, -0.05) is 36.4 Å². The Kier molecular flexibility index (Phi) is 7.29. The molecule has 0 spiro atoms. The smallest absolute Gasteiger partial charge is 0.410 e. The molecule has 2 aliphatic rings. The van der Waals surface area contributed by atoms with Crippen LogP contribution in [-0.4, -0.2) is 71.6 Å². The fraction of sp³-hybridized carbons (Fsp3) is 0.323. The monoisotopic (exact) mass is 511 g/mol. The van der Waals surface area contributed by atoms with Gasteiger partial charge >= 0.3 is 6.09 Å². The second-order valence-corrected chi connectivity index (χ2v) is 10.6. The van der Waals surface area contributed by atoms with Crippen LogP contribution in [0.1, 0.15) is 47.8 Å². The Balaban J connectivity index is 1.24. The predicted molar refractivity (Wildman–Crippen MR) is 147 cm³/mol. The Bertz CT molecular complexity index is 1340. The van der Waals surface area contributed by atoms with Crippen molar-refractivity contribution >= 4 is 23.0 Å². The highest BCUT2D eigenvalue weighted by molar-refractivity contribution is 6.41. The number of rotatable bonds is 6. The summed E-state index contributed by atoms with van der Waals surface area (Å²) < 4.78 is 11.6. The minimum Gasteiger partial charge on any atom is -0.492 e. The zero-order valence-electron chi connectivity index (χ0n) is 22.1. The van der Waals surface area contributed by atoms with Gasteiger partial charge in [-0.15, -0.1) is 0 Å². The van der Waals surface area contributed by atoms with Gasteiger partial charge in [0.15, 0.2) is 5.78 Å². The van der Waals surface area contributed by atoms with Gasteiger partial charge in [0.2, 0.25) is 0 Å². The van der Waals surface area contributed by atoms with Crippen LogP contribution in [0.3, 0.4) is 0 Å². The number of carbonyl (C=O) groups is 2. The number of ether oxygens (including phenoxy) is 2. The summed E-state index contributed by atoms with van der Waals surface area (Å²) in [6.45, 7) is 9.67.